The number of hydrazone groups is 3. The van der Waals surface area contributed by atoms with Crippen LogP contribution in [0.5, 0.6) is 0 Å². The van der Waals surface area contributed by atoms with Crippen molar-refractivity contribution >= 4 is 103 Å². The van der Waals surface area contributed by atoms with Crippen molar-refractivity contribution in [3.8, 4) is 33.4 Å². The summed E-state index contributed by atoms with van der Waals surface area (Å²) in [6.45, 7) is 1.27. The van der Waals surface area contributed by atoms with E-state index in [4.69, 9.17) is 27.1 Å². The second-order valence-electron chi connectivity index (χ2n) is 29.8. The summed E-state index contributed by atoms with van der Waals surface area (Å²) in [6.07, 6.45) is 33.2. The Labute approximate surface area is 775 Å². The number of hydrogen-bond acceptors (Lipinski definition) is 7. The molecule has 0 radical (unpaired) electrons. The molecule has 0 bridgehead atoms. The van der Waals surface area contributed by atoms with Crippen molar-refractivity contribution in [3.63, 3.8) is 0 Å². The first-order valence-electron chi connectivity index (χ1n) is 38.3. The van der Waals surface area contributed by atoms with E-state index >= 15 is 0 Å². The Bertz CT molecular complexity index is 5650. The summed E-state index contributed by atoms with van der Waals surface area (Å²) in [5.41, 5.74) is 18.4. The average molecular weight is 2200 g/mol. The summed E-state index contributed by atoms with van der Waals surface area (Å²) in [5, 5.41) is 14.9. The number of aromatic nitrogens is 6. The first-order valence-corrected chi connectivity index (χ1v) is 53.1. The van der Waals surface area contributed by atoms with Gasteiger partial charge in [0.25, 0.3) is 6.49 Å². The molecule has 0 aliphatic carbocycles. The van der Waals surface area contributed by atoms with Crippen molar-refractivity contribution in [1.29, 1.82) is 0 Å². The van der Waals surface area contributed by atoms with Crippen LogP contribution < -0.4 is 27.4 Å². The molecule has 15 nitrogen and oxygen atoms in total. The van der Waals surface area contributed by atoms with Crippen LogP contribution in [-0.4, -0.2) is 73.0 Å². The molecule has 0 unspecified atom stereocenters. The second kappa shape index (κ2) is 39.0. The number of benzene rings is 6. The number of pyridine rings is 6. The summed E-state index contributed by atoms with van der Waals surface area (Å²) in [4.78, 5) is 33.2. The maximum absolute atomic E-state index is 11.1. The molecule has 6 aromatic heterocycles. The van der Waals surface area contributed by atoms with E-state index in [1.807, 2.05) is 113 Å². The first-order chi connectivity index (χ1) is 62.6. The van der Waals surface area contributed by atoms with E-state index in [-0.39, 0.29) is 0 Å². The average Bonchev–Trinajstić information content (AvgIpc) is 0.445. The van der Waals surface area contributed by atoms with E-state index in [0.29, 0.717) is 36.3 Å². The quantitative estimate of drug-likeness (QED) is 0.0126. The van der Waals surface area contributed by atoms with Crippen LogP contribution in [0.25, 0.3) is 33.4 Å². The Hall–Kier alpha value is -11.7. The Morgan fingerprint density at radius 1 is 0.214 bits per heavy atom. The molecule has 0 spiro atoms. The van der Waals surface area contributed by atoms with Gasteiger partial charge in [-0.05, 0) is 61.9 Å². The standard InChI is InChI=1S/C81H75N12O3PS.6F6P/c1-85(82-52-64-4-10-67(11-5-64)55-88-40-28-76(29-41-88)79-34-46-91(47-35-79)58-70-16-22-73(61-94)23-17-70)97(98,86(2)83-53-65-6-12-68(13-7-65)56-89-42-30-77(31-43-89)80-36-48-92(49-37-80)59-71-18-24-74(62-95)25-19-71)87(3)84-54-66-8-14-69(15-9-66)57-90-44-32-78(33-45-90)81-38-50-93(51-39-81)60-72-20-26-75(63-96)27-21-72;6*1-7(2,3,4,5)6/h4-54,61-63H,55-60H2,1-3H3;;;;;;/q+6;6*-1/b82-52+,83-53+,84-54+;;;;;;. The van der Waals surface area contributed by atoms with Gasteiger partial charge in [-0.3, -0.25) is 14.4 Å². The second-order valence-corrected chi connectivity index (χ2v) is 45.6. The Kier molecular flexibility index (Phi) is 32.6. The molecule has 0 aliphatic heterocycles. The molecule has 0 amide bonds. The van der Waals surface area contributed by atoms with Crippen molar-refractivity contribution in [2.24, 2.45) is 15.3 Å². The molecule has 59 heteroatoms. The molecule has 0 saturated carbocycles. The Morgan fingerprint density at radius 2 is 0.321 bits per heavy atom. The zero-order chi connectivity index (χ0) is 106. The van der Waals surface area contributed by atoms with Crippen LogP contribution in [-0.2, 0) is 51.1 Å². The van der Waals surface area contributed by atoms with Crippen LogP contribution in [0.15, 0.2) is 308 Å². The van der Waals surface area contributed by atoms with Gasteiger partial charge in [-0.15, -0.1) is 0 Å². The molecule has 0 atom stereocenters. The molecule has 0 aliphatic rings. The van der Waals surface area contributed by atoms with Crippen LogP contribution in [0, 0.1) is 0 Å². The third-order valence-corrected chi connectivity index (χ3v) is 21.8. The number of rotatable bonds is 27. The van der Waals surface area contributed by atoms with E-state index in [9.17, 15) is 165 Å². The van der Waals surface area contributed by atoms with E-state index in [1.165, 1.54) is 0 Å². The van der Waals surface area contributed by atoms with Gasteiger partial charge in [0.05, 0.1) is 18.6 Å². The van der Waals surface area contributed by atoms with Gasteiger partial charge in [0.1, 0.15) is 18.9 Å². The topological polar surface area (TPSA) is 121 Å². The number of halogens is 36. The van der Waals surface area contributed by atoms with Crippen LogP contribution in [0.1, 0.15) is 81.1 Å². The normalized spacial score (nSPS) is 15.0. The minimum absolute atomic E-state index is 0.676. The number of nitrogens with zero attached hydrogens (tertiary/aromatic N) is 12. The molecule has 0 fully saturated rings. The molecule has 770 valence electrons. The first kappa shape index (κ1) is 117. The van der Waals surface area contributed by atoms with Gasteiger partial charge in [0.15, 0.2) is 114 Å². The number of aldehydes is 3. The summed E-state index contributed by atoms with van der Waals surface area (Å²) in [6, 6.07) is 73.8. The molecule has 6 heterocycles. The number of carbonyl (C=O) groups excluding carboxylic acids is 3. The monoisotopic (exact) mass is 2200 g/mol. The summed E-state index contributed by atoms with van der Waals surface area (Å²) >= 11 is 6.64. The van der Waals surface area contributed by atoms with Crippen molar-refractivity contribution in [2.75, 3.05) is 21.1 Å². The van der Waals surface area contributed by atoms with Crippen molar-refractivity contribution in [1.82, 2.24) is 14.3 Å². The van der Waals surface area contributed by atoms with Gasteiger partial charge in [-0.25, -0.2) is 41.7 Å². The van der Waals surface area contributed by atoms with Crippen molar-refractivity contribution < 1.29 is 193 Å². The van der Waals surface area contributed by atoms with Crippen LogP contribution >= 0.6 is 53.3 Å². The van der Waals surface area contributed by atoms with Crippen molar-refractivity contribution in [3.05, 3.63) is 360 Å². The molecule has 140 heavy (non-hydrogen) atoms. The summed E-state index contributed by atoms with van der Waals surface area (Å²) in [5.74, 6) is 0. The molecular formula is C81H75F36N12O3P7S. The third kappa shape index (κ3) is 59.1. The fourth-order valence-corrected chi connectivity index (χ4v) is 13.3. The van der Waals surface area contributed by atoms with Gasteiger partial charge in [0.2, 0.25) is 0 Å². The number of hydrogen-bond donors (Lipinski definition) is 0. The van der Waals surface area contributed by atoms with Crippen molar-refractivity contribution in [2.45, 2.75) is 39.3 Å². The van der Waals surface area contributed by atoms with Crippen LogP contribution in [0.3, 0.4) is 0 Å². The molecule has 0 N–H and O–H groups in total. The molecular weight excluding hydrogens is 2120 g/mol. The fraction of sp³-hybridized carbons (Fsp3) is 0.111. The van der Waals surface area contributed by atoms with Gasteiger partial charge in [-0.1, -0.05) is 146 Å². The van der Waals surface area contributed by atoms with Gasteiger partial charge in [-0.2, -0.15) is 15.3 Å². The fourth-order valence-electron chi connectivity index (χ4n) is 11.2. The Balaban J connectivity index is 0.000000594. The van der Waals surface area contributed by atoms with E-state index in [2.05, 4.69) is 247 Å². The van der Waals surface area contributed by atoms with E-state index in [0.717, 1.165) is 122 Å². The maximum atomic E-state index is 11.1. The van der Waals surface area contributed by atoms with Gasteiger partial charge >= 0.3 is 198 Å². The predicted molar refractivity (Wildman–Crippen MR) is 468 cm³/mol. The van der Waals surface area contributed by atoms with E-state index in [1.54, 1.807) is 14.3 Å². The molecule has 12 aromatic rings. The minimum atomic E-state index is -10.7. The van der Waals surface area contributed by atoms with Gasteiger partial charge in [0, 0.05) is 144 Å². The molecule has 6 aromatic carbocycles. The van der Waals surface area contributed by atoms with Crippen LogP contribution in [0.2, 0.25) is 0 Å². The molecule has 0 saturated heterocycles. The van der Waals surface area contributed by atoms with E-state index < -0.39 is 53.3 Å². The zero-order valence-corrected chi connectivity index (χ0v) is 78.2. The molecule has 12 rings (SSSR count). The SMILES string of the molecule is CN(/N=C/c1ccc(C[n+]2ccc(-c3cc[n+](Cc4ccc(C=O)cc4)cc3)cc2)cc1)P(=S)(N(C)/N=C/c1ccc(C[n+]2ccc(-c3cc[n+](Cc4ccc(C=O)cc4)cc3)cc2)cc1)N(C)/N=C/c1ccc(C[n+]2ccc(-c3cc[n+](Cc4ccc(C=O)cc4)cc3)cc2)cc1.F[P-](F)(F)(F)(F)F.F[P-](F)(F)(F)(F)F.F[P-](F)(F)(F)(F)F.F[P-](F)(F)(F)(F)F.F[P-](F)(F)(F)(F)F.F[P-](F)(F)(F)(F)F. The zero-order valence-electron chi connectivity index (χ0n) is 71.2. The number of carbonyl (C=O) groups is 3. The predicted octanol–water partition coefficient (Wildman–Crippen LogP) is 31.9. The summed E-state index contributed by atoms with van der Waals surface area (Å²) in [7, 11) is -58.3. The summed E-state index contributed by atoms with van der Waals surface area (Å²) < 4.78 is 373. The van der Waals surface area contributed by atoms with Gasteiger partial charge < -0.3 is 0 Å². The van der Waals surface area contributed by atoms with Crippen LogP contribution in [0.4, 0.5) is 151 Å². The third-order valence-electron chi connectivity index (χ3n) is 17.1. The Morgan fingerprint density at radius 3 is 0.429 bits per heavy atom.